The molecular formula is C137H91N7S3. The summed E-state index contributed by atoms with van der Waals surface area (Å²) < 4.78 is 0. The number of nitrogens with zero attached hydrogens (tertiary/aromatic N) is 7. The van der Waals surface area contributed by atoms with Gasteiger partial charge in [-0.15, -0.1) is 34.0 Å². The standard InChI is InChI=1S/C48H32N2S.C47H31N3S.C42H28N2S/c1-5-18-33(19-6-1)37-26-13-14-27-39(37)46-40-28-15-16-29-41(40)47(51-46)45-38(34-20-7-2-8-21-34)30-17-31-42(45)48-49-43(35-22-9-3-10-23-35)32-44(50-48)36-24-11-4-12-25-36;1-5-18-32(19-6-1)36-26-13-14-27-38(36)43-39-28-15-16-29-40(39)44(51-43)42-37(33-20-7-2-8-21-33)30-17-31-41(42)47-49-45(34-22-9-3-10-23-34)48-46(50-47)35-24-11-4-12-25-35;1-4-16-29(17-5-1)32-22-10-11-23-33(32)40-34-24-12-13-25-35(34)41(45-40)36-26-14-15-27-37(36)42-43-38(30-18-6-2-7-19-30)28-39(44-42)31-20-8-3-9-21-31/h1-32H;1-31H;1-28H. The van der Waals surface area contributed by atoms with E-state index in [0.29, 0.717) is 23.3 Å². The van der Waals surface area contributed by atoms with Gasteiger partial charge in [0, 0.05) is 145 Å². The Balaban J connectivity index is 0.000000118. The van der Waals surface area contributed by atoms with Crippen molar-refractivity contribution in [3.63, 3.8) is 0 Å². The van der Waals surface area contributed by atoms with Gasteiger partial charge in [-0.2, -0.15) is 0 Å². The first-order valence-corrected chi connectivity index (χ1v) is 51.8. The van der Waals surface area contributed by atoms with Crippen LogP contribution in [-0.2, 0) is 0 Å². The first kappa shape index (κ1) is 91.0. The summed E-state index contributed by atoms with van der Waals surface area (Å²) >= 11 is 5.53. The summed E-state index contributed by atoms with van der Waals surface area (Å²) in [5.74, 6) is 3.34. The average molecular weight is 1930 g/mol. The fraction of sp³-hybridized carbons (Fsp3) is 0. The number of hydrogen-bond acceptors (Lipinski definition) is 10. The molecule has 26 rings (SSSR count). The molecule has 6 aromatic heterocycles. The molecule has 0 radical (unpaired) electrons. The van der Waals surface area contributed by atoms with Crippen molar-refractivity contribution in [1.82, 2.24) is 34.9 Å². The van der Waals surface area contributed by atoms with Crippen LogP contribution in [0.15, 0.2) is 552 Å². The Hall–Kier alpha value is -18.6. The van der Waals surface area contributed by atoms with Crippen molar-refractivity contribution in [3.8, 4) is 220 Å². The highest BCUT2D eigenvalue weighted by Gasteiger charge is 2.29. The Bertz CT molecular complexity index is 8630. The molecule has 0 spiro atoms. The molecule has 0 N–H and O–H groups in total. The quantitative estimate of drug-likeness (QED) is 0.0751. The summed E-state index contributed by atoms with van der Waals surface area (Å²) in [5.41, 5.74) is 31.6. The third kappa shape index (κ3) is 18.8. The van der Waals surface area contributed by atoms with Gasteiger partial charge in [0.2, 0.25) is 0 Å². The predicted octanol–water partition coefficient (Wildman–Crippen LogP) is 37.8. The highest BCUT2D eigenvalue weighted by Crippen LogP contribution is 2.56. The van der Waals surface area contributed by atoms with Gasteiger partial charge in [-0.1, -0.05) is 540 Å². The average Bonchev–Trinajstić information content (AvgIpc) is 1.61. The van der Waals surface area contributed by atoms with Crippen LogP contribution < -0.4 is 0 Å². The molecule has 6 heterocycles. The summed E-state index contributed by atoms with van der Waals surface area (Å²) in [4.78, 5) is 43.7. The molecule has 0 aliphatic carbocycles. The second-order valence-corrected chi connectivity index (χ2v) is 38.9. The molecule has 20 aromatic carbocycles. The number of benzene rings is 20. The first-order valence-electron chi connectivity index (χ1n) is 49.3. The minimum Gasteiger partial charge on any atom is -0.228 e. The fourth-order valence-corrected chi connectivity index (χ4v) is 23.9. The number of hydrogen-bond donors (Lipinski definition) is 0. The third-order valence-electron chi connectivity index (χ3n) is 26.7. The van der Waals surface area contributed by atoms with Crippen LogP contribution in [0.5, 0.6) is 0 Å². The van der Waals surface area contributed by atoms with Crippen LogP contribution >= 0.6 is 34.0 Å². The zero-order valence-corrected chi connectivity index (χ0v) is 82.3. The highest BCUT2D eigenvalue weighted by molar-refractivity contribution is 7.22. The van der Waals surface area contributed by atoms with Gasteiger partial charge in [0.15, 0.2) is 29.1 Å². The minimum absolute atomic E-state index is 0.638. The van der Waals surface area contributed by atoms with Crippen LogP contribution in [0.4, 0.5) is 0 Å². The van der Waals surface area contributed by atoms with E-state index in [1.807, 2.05) is 94.7 Å². The molecule has 7 nitrogen and oxygen atoms in total. The first-order chi connectivity index (χ1) is 73.0. The van der Waals surface area contributed by atoms with Gasteiger partial charge in [0.05, 0.1) is 22.8 Å². The summed E-state index contributed by atoms with van der Waals surface area (Å²) in [6, 6.07) is 194. The summed E-state index contributed by atoms with van der Waals surface area (Å²) in [6.45, 7) is 0. The molecule has 0 aliphatic heterocycles. The molecule has 0 saturated carbocycles. The topological polar surface area (TPSA) is 90.2 Å². The van der Waals surface area contributed by atoms with E-state index >= 15 is 0 Å². The van der Waals surface area contributed by atoms with Crippen LogP contribution in [0, 0.1) is 0 Å². The molecule has 10 heteroatoms. The molecular weight excluding hydrogens is 1840 g/mol. The van der Waals surface area contributed by atoms with Gasteiger partial charge >= 0.3 is 0 Å². The molecule has 0 amide bonds. The SMILES string of the molecule is c1ccc(-c2cc(-c3ccccc3)nc(-c3cccc(-c4ccccc4)c3-c3sc(-c4ccccc4-c4ccccc4)c4ccccc34)n2)cc1.c1ccc(-c2cc(-c3ccccc3)nc(-c3ccccc3-c3sc(-c4ccccc4-c4ccccc4)c4ccccc34)n2)cc1.c1ccc(-c2nc(-c3ccccc3)nc(-c3cccc(-c4ccccc4)c3-c3sc(-c4ccccc4-c4ccccc4)c4ccccc34)n2)cc1. The summed E-state index contributed by atoms with van der Waals surface area (Å²) in [7, 11) is 0. The van der Waals surface area contributed by atoms with Crippen LogP contribution in [-0.4, -0.2) is 34.9 Å². The summed E-state index contributed by atoms with van der Waals surface area (Å²) in [6.07, 6.45) is 0. The lowest BCUT2D eigenvalue weighted by Gasteiger charge is -2.16. The van der Waals surface area contributed by atoms with Gasteiger partial charge in [0.1, 0.15) is 0 Å². The van der Waals surface area contributed by atoms with E-state index in [4.69, 9.17) is 34.9 Å². The molecule has 0 saturated heterocycles. The van der Waals surface area contributed by atoms with Gasteiger partial charge in [0.25, 0.3) is 0 Å². The van der Waals surface area contributed by atoms with E-state index in [-0.39, 0.29) is 0 Å². The molecule has 26 aromatic rings. The molecule has 0 aliphatic rings. The third-order valence-corrected chi connectivity index (χ3v) is 30.5. The minimum atomic E-state index is 0.638. The maximum atomic E-state index is 5.31. The number of fused-ring (bicyclic) bond motifs is 3. The van der Waals surface area contributed by atoms with Crippen molar-refractivity contribution in [2.45, 2.75) is 0 Å². The lowest BCUT2D eigenvalue weighted by Crippen LogP contribution is -2.01. The van der Waals surface area contributed by atoms with Crippen LogP contribution in [0.1, 0.15) is 0 Å². The monoisotopic (exact) mass is 1930 g/mol. The smallest absolute Gasteiger partial charge is 0.164 e. The van der Waals surface area contributed by atoms with Crippen molar-refractivity contribution < 1.29 is 0 Å². The molecule has 0 bridgehead atoms. The Morgan fingerprint density at radius 3 is 0.551 bits per heavy atom. The van der Waals surface area contributed by atoms with Gasteiger partial charge in [-0.05, 0) is 67.8 Å². The van der Waals surface area contributed by atoms with Crippen LogP contribution in [0.3, 0.4) is 0 Å². The van der Waals surface area contributed by atoms with Crippen LogP contribution in [0.25, 0.3) is 253 Å². The number of rotatable bonds is 20. The molecule has 0 fully saturated rings. The van der Waals surface area contributed by atoms with Gasteiger partial charge < -0.3 is 0 Å². The van der Waals surface area contributed by atoms with Crippen molar-refractivity contribution in [2.75, 3.05) is 0 Å². The van der Waals surface area contributed by atoms with E-state index in [0.717, 1.165) is 118 Å². The van der Waals surface area contributed by atoms with Gasteiger partial charge in [-0.3, -0.25) is 0 Å². The Morgan fingerprint density at radius 1 is 0.109 bits per heavy atom. The predicted molar refractivity (Wildman–Crippen MR) is 619 cm³/mol. The van der Waals surface area contributed by atoms with Gasteiger partial charge in [-0.25, -0.2) is 34.9 Å². The number of aromatic nitrogens is 7. The second-order valence-electron chi connectivity index (χ2n) is 35.8. The van der Waals surface area contributed by atoms with Crippen molar-refractivity contribution in [3.05, 3.63) is 552 Å². The largest absolute Gasteiger partial charge is 0.228 e. The molecule has 0 unspecified atom stereocenters. The zero-order valence-electron chi connectivity index (χ0n) is 79.9. The fourth-order valence-electron chi connectivity index (χ4n) is 19.7. The summed E-state index contributed by atoms with van der Waals surface area (Å²) in [5, 5.41) is 7.35. The normalized spacial score (nSPS) is 11.1. The maximum absolute atomic E-state index is 5.31. The molecule has 692 valence electrons. The Labute approximate surface area is 866 Å². The van der Waals surface area contributed by atoms with Crippen LogP contribution in [0.2, 0.25) is 0 Å². The van der Waals surface area contributed by atoms with E-state index in [1.54, 1.807) is 0 Å². The molecule has 147 heavy (non-hydrogen) atoms. The molecule has 0 atom stereocenters. The van der Waals surface area contributed by atoms with E-state index < -0.39 is 0 Å². The van der Waals surface area contributed by atoms with E-state index in [2.05, 4.69) is 491 Å². The van der Waals surface area contributed by atoms with Crippen molar-refractivity contribution in [1.29, 1.82) is 0 Å². The lowest BCUT2D eigenvalue weighted by molar-refractivity contribution is 1.07. The van der Waals surface area contributed by atoms with E-state index in [1.165, 1.54) is 112 Å². The second kappa shape index (κ2) is 41.9. The number of thiophene rings is 3. The van der Waals surface area contributed by atoms with E-state index in [9.17, 15) is 0 Å². The Morgan fingerprint density at radius 2 is 0.279 bits per heavy atom. The Kier molecular flexibility index (Phi) is 25.9. The van der Waals surface area contributed by atoms with Crippen molar-refractivity contribution >= 4 is 66.3 Å². The van der Waals surface area contributed by atoms with Crippen molar-refractivity contribution in [2.24, 2.45) is 0 Å². The highest BCUT2D eigenvalue weighted by atomic mass is 32.1. The zero-order chi connectivity index (χ0) is 98.0. The lowest BCUT2D eigenvalue weighted by atomic mass is 9.91. The maximum Gasteiger partial charge on any atom is 0.164 e.